The topological polar surface area (TPSA) is 84.9 Å². The van der Waals surface area contributed by atoms with E-state index >= 15 is 0 Å². The lowest BCUT2D eigenvalue weighted by atomic mass is 9.97. The molecule has 1 amide bonds. The molecule has 0 unspecified atom stereocenters. The van der Waals surface area contributed by atoms with Crippen LogP contribution < -0.4 is 14.8 Å². The highest BCUT2D eigenvalue weighted by molar-refractivity contribution is 7.89. The number of ether oxygens (including phenoxy) is 2. The third-order valence-electron chi connectivity index (χ3n) is 5.69. The summed E-state index contributed by atoms with van der Waals surface area (Å²) in [6.45, 7) is 6.24. The Morgan fingerprint density at radius 1 is 1.00 bits per heavy atom. The number of amides is 1. The van der Waals surface area contributed by atoms with Gasteiger partial charge in [0.15, 0.2) is 0 Å². The standard InChI is InChI=1S/C23H30N2O5S/c1-15-12-16(2)22(17(3)13-15)31(27,28)25-10-8-18(9-11-25)23(26)24-20-7-6-19(29-4)14-21(20)30-5/h6-7,12-14,18H,8-11H2,1-5H3,(H,24,26). The van der Waals surface area contributed by atoms with Crippen LogP contribution in [0.1, 0.15) is 29.5 Å². The number of nitrogens with one attached hydrogen (secondary N) is 1. The second kappa shape index (κ2) is 9.28. The molecule has 2 aromatic carbocycles. The quantitative estimate of drug-likeness (QED) is 0.732. The Kier molecular flexibility index (Phi) is 6.91. The zero-order valence-electron chi connectivity index (χ0n) is 18.7. The molecule has 1 N–H and O–H groups in total. The second-order valence-electron chi connectivity index (χ2n) is 7.96. The summed E-state index contributed by atoms with van der Waals surface area (Å²) in [7, 11) is -0.504. The van der Waals surface area contributed by atoms with Crippen LogP contribution in [0.2, 0.25) is 0 Å². The molecular formula is C23H30N2O5S. The number of hydrogen-bond donors (Lipinski definition) is 1. The lowest BCUT2D eigenvalue weighted by molar-refractivity contribution is -0.120. The van der Waals surface area contributed by atoms with Crippen molar-refractivity contribution in [2.75, 3.05) is 32.6 Å². The van der Waals surface area contributed by atoms with E-state index in [1.165, 1.54) is 11.4 Å². The largest absolute Gasteiger partial charge is 0.497 e. The van der Waals surface area contributed by atoms with Gasteiger partial charge in [-0.1, -0.05) is 17.7 Å². The number of benzene rings is 2. The number of piperidine rings is 1. The molecular weight excluding hydrogens is 416 g/mol. The average Bonchev–Trinajstić information content (AvgIpc) is 2.73. The van der Waals surface area contributed by atoms with E-state index < -0.39 is 10.0 Å². The third-order valence-corrected chi connectivity index (χ3v) is 7.90. The average molecular weight is 447 g/mol. The van der Waals surface area contributed by atoms with Gasteiger partial charge in [0.1, 0.15) is 11.5 Å². The summed E-state index contributed by atoms with van der Waals surface area (Å²) in [6, 6.07) is 8.97. The predicted octanol–water partition coefficient (Wildman–Crippen LogP) is 3.67. The van der Waals surface area contributed by atoms with Gasteiger partial charge in [0.05, 0.1) is 24.8 Å². The first-order valence-corrected chi connectivity index (χ1v) is 11.7. The molecule has 3 rings (SSSR count). The van der Waals surface area contributed by atoms with Crippen molar-refractivity contribution >= 4 is 21.6 Å². The van der Waals surface area contributed by atoms with Gasteiger partial charge < -0.3 is 14.8 Å². The maximum atomic E-state index is 13.2. The monoisotopic (exact) mass is 446 g/mol. The molecule has 1 fully saturated rings. The Morgan fingerprint density at radius 3 is 2.16 bits per heavy atom. The molecule has 0 aliphatic carbocycles. The van der Waals surface area contributed by atoms with Crippen LogP contribution in [0.3, 0.4) is 0 Å². The van der Waals surface area contributed by atoms with Crippen LogP contribution in [-0.4, -0.2) is 45.9 Å². The summed E-state index contributed by atoms with van der Waals surface area (Å²) in [5.41, 5.74) is 3.11. The van der Waals surface area contributed by atoms with Gasteiger partial charge >= 0.3 is 0 Å². The number of methoxy groups -OCH3 is 2. The molecule has 0 aromatic heterocycles. The van der Waals surface area contributed by atoms with Crippen LogP contribution in [0.4, 0.5) is 5.69 Å². The minimum Gasteiger partial charge on any atom is -0.497 e. The van der Waals surface area contributed by atoms with Crippen molar-refractivity contribution in [3.8, 4) is 11.5 Å². The van der Waals surface area contributed by atoms with Gasteiger partial charge in [0, 0.05) is 25.1 Å². The number of nitrogens with zero attached hydrogens (tertiary/aromatic N) is 1. The van der Waals surface area contributed by atoms with Gasteiger partial charge in [-0.15, -0.1) is 0 Å². The molecule has 2 aromatic rings. The molecule has 0 spiro atoms. The lowest BCUT2D eigenvalue weighted by Crippen LogP contribution is -2.41. The molecule has 1 aliphatic heterocycles. The number of carbonyl (C=O) groups is 1. The first-order chi connectivity index (χ1) is 14.7. The minimum absolute atomic E-state index is 0.136. The molecule has 168 valence electrons. The first-order valence-electron chi connectivity index (χ1n) is 10.3. The van der Waals surface area contributed by atoms with Crippen LogP contribution in [0.15, 0.2) is 35.2 Å². The minimum atomic E-state index is -3.60. The lowest BCUT2D eigenvalue weighted by Gasteiger charge is -2.31. The summed E-state index contributed by atoms with van der Waals surface area (Å²) in [6.07, 6.45) is 0.932. The van der Waals surface area contributed by atoms with Crippen molar-refractivity contribution in [1.82, 2.24) is 4.31 Å². The van der Waals surface area contributed by atoms with E-state index in [0.29, 0.717) is 48.0 Å². The van der Waals surface area contributed by atoms with Crippen molar-refractivity contribution in [3.05, 3.63) is 47.0 Å². The van der Waals surface area contributed by atoms with Crippen molar-refractivity contribution in [3.63, 3.8) is 0 Å². The smallest absolute Gasteiger partial charge is 0.243 e. The Morgan fingerprint density at radius 2 is 1.61 bits per heavy atom. The van der Waals surface area contributed by atoms with Crippen LogP contribution in [0.25, 0.3) is 0 Å². The van der Waals surface area contributed by atoms with Crippen molar-refractivity contribution in [1.29, 1.82) is 0 Å². The Hall–Kier alpha value is -2.58. The molecule has 1 saturated heterocycles. The fourth-order valence-electron chi connectivity index (χ4n) is 4.20. The van der Waals surface area contributed by atoms with Gasteiger partial charge in [-0.3, -0.25) is 4.79 Å². The number of carbonyl (C=O) groups excluding carboxylic acids is 1. The molecule has 0 bridgehead atoms. The molecule has 0 saturated carbocycles. The molecule has 1 aliphatic rings. The van der Waals surface area contributed by atoms with Crippen LogP contribution >= 0.6 is 0 Å². The maximum absolute atomic E-state index is 13.2. The summed E-state index contributed by atoms with van der Waals surface area (Å²) >= 11 is 0. The van der Waals surface area contributed by atoms with Crippen LogP contribution in [-0.2, 0) is 14.8 Å². The van der Waals surface area contributed by atoms with E-state index in [2.05, 4.69) is 5.32 Å². The van der Waals surface area contributed by atoms with Crippen LogP contribution in [0, 0.1) is 26.7 Å². The Bertz CT molecular complexity index is 1050. The Labute approximate surface area is 184 Å². The van der Waals surface area contributed by atoms with E-state index in [1.54, 1.807) is 25.3 Å². The van der Waals surface area contributed by atoms with Gasteiger partial charge in [0.25, 0.3) is 0 Å². The molecule has 7 nitrogen and oxygen atoms in total. The zero-order chi connectivity index (χ0) is 22.8. The van der Waals surface area contributed by atoms with Gasteiger partial charge in [0.2, 0.25) is 15.9 Å². The molecule has 8 heteroatoms. The van der Waals surface area contributed by atoms with Gasteiger partial charge in [-0.25, -0.2) is 8.42 Å². The summed E-state index contributed by atoms with van der Waals surface area (Å²) < 4.78 is 38.5. The first kappa shape index (κ1) is 23.1. The normalized spacial score (nSPS) is 15.5. The summed E-state index contributed by atoms with van der Waals surface area (Å²) in [4.78, 5) is 13.2. The number of hydrogen-bond acceptors (Lipinski definition) is 5. The van der Waals surface area contributed by atoms with E-state index in [0.717, 1.165) is 16.7 Å². The van der Waals surface area contributed by atoms with Gasteiger partial charge in [-0.05, 0) is 56.9 Å². The summed E-state index contributed by atoms with van der Waals surface area (Å²) in [5.74, 6) is 0.745. The molecule has 31 heavy (non-hydrogen) atoms. The number of rotatable bonds is 6. The van der Waals surface area contributed by atoms with E-state index in [9.17, 15) is 13.2 Å². The third kappa shape index (κ3) is 4.85. The predicted molar refractivity (Wildman–Crippen MR) is 120 cm³/mol. The highest BCUT2D eigenvalue weighted by atomic mass is 32.2. The number of sulfonamides is 1. The van der Waals surface area contributed by atoms with E-state index in [-0.39, 0.29) is 11.8 Å². The Balaban J connectivity index is 1.69. The fourth-order valence-corrected chi connectivity index (χ4v) is 6.08. The zero-order valence-corrected chi connectivity index (χ0v) is 19.5. The SMILES string of the molecule is COc1ccc(NC(=O)C2CCN(S(=O)(=O)c3c(C)cc(C)cc3C)CC2)c(OC)c1. The highest BCUT2D eigenvalue weighted by Crippen LogP contribution is 2.32. The van der Waals surface area contributed by atoms with Crippen LogP contribution in [0.5, 0.6) is 11.5 Å². The van der Waals surface area contributed by atoms with E-state index in [1.807, 2.05) is 32.9 Å². The highest BCUT2D eigenvalue weighted by Gasteiger charge is 2.34. The van der Waals surface area contributed by atoms with Gasteiger partial charge in [-0.2, -0.15) is 4.31 Å². The van der Waals surface area contributed by atoms with Crippen molar-refractivity contribution < 1.29 is 22.7 Å². The van der Waals surface area contributed by atoms with Crippen molar-refractivity contribution in [2.45, 2.75) is 38.5 Å². The fraction of sp³-hybridized carbons (Fsp3) is 0.435. The molecule has 0 atom stereocenters. The second-order valence-corrected chi connectivity index (χ2v) is 9.84. The molecule has 0 radical (unpaired) electrons. The van der Waals surface area contributed by atoms with E-state index in [4.69, 9.17) is 9.47 Å². The number of aryl methyl sites for hydroxylation is 3. The maximum Gasteiger partial charge on any atom is 0.243 e. The van der Waals surface area contributed by atoms with Crippen molar-refractivity contribution in [2.24, 2.45) is 5.92 Å². The number of anilines is 1. The summed E-state index contributed by atoms with van der Waals surface area (Å²) in [5, 5.41) is 2.90. The molecule has 1 heterocycles.